The van der Waals surface area contributed by atoms with Gasteiger partial charge in [-0.2, -0.15) is 0 Å². The fraction of sp³-hybridized carbons (Fsp3) is 0.588. The predicted molar refractivity (Wildman–Crippen MR) is 101 cm³/mol. The lowest BCUT2D eigenvalue weighted by atomic mass is 10.0. The zero-order valence-electron chi connectivity index (χ0n) is 13.9. The second kappa shape index (κ2) is 7.88. The molecule has 0 radical (unpaired) electrons. The fourth-order valence-corrected chi connectivity index (χ4v) is 3.82. The van der Waals surface area contributed by atoms with Crippen LogP contribution in [-0.2, 0) is 4.74 Å². The molecule has 23 heavy (non-hydrogen) atoms. The smallest absolute Gasteiger partial charge is 0.410 e. The van der Waals surface area contributed by atoms with Crippen molar-refractivity contribution in [2.75, 3.05) is 18.4 Å². The van der Waals surface area contributed by atoms with Crippen molar-refractivity contribution in [3.8, 4) is 0 Å². The third-order valence-corrected chi connectivity index (χ3v) is 4.86. The quantitative estimate of drug-likeness (QED) is 0.673. The Hall–Kier alpha value is -0.750. The number of anilines is 1. The molecule has 1 fully saturated rings. The first-order valence-corrected chi connectivity index (χ1v) is 9.53. The minimum absolute atomic E-state index is 0.161. The average molecular weight is 448 g/mol. The lowest BCUT2D eigenvalue weighted by molar-refractivity contribution is 0.0114. The van der Waals surface area contributed by atoms with Crippen molar-refractivity contribution in [3.63, 3.8) is 0 Å². The Balaban J connectivity index is 1.99. The lowest BCUT2D eigenvalue weighted by Crippen LogP contribution is -2.48. The summed E-state index contributed by atoms with van der Waals surface area (Å²) in [5.41, 5.74) is 0.573. The third-order valence-electron chi connectivity index (χ3n) is 3.71. The number of carbonyl (C=O) groups excluding carboxylic acids is 1. The first-order valence-electron chi connectivity index (χ1n) is 7.95. The van der Waals surface area contributed by atoms with Crippen LogP contribution in [0.2, 0.25) is 0 Å². The Morgan fingerprint density at radius 1 is 1.35 bits per heavy atom. The van der Waals surface area contributed by atoms with E-state index in [1.54, 1.807) is 0 Å². The monoisotopic (exact) mass is 446 g/mol. The number of nitrogens with one attached hydrogen (secondary N) is 1. The van der Waals surface area contributed by atoms with Crippen LogP contribution < -0.4 is 5.32 Å². The van der Waals surface area contributed by atoms with Crippen LogP contribution in [0.1, 0.15) is 40.0 Å². The molecule has 1 amide bonds. The van der Waals surface area contributed by atoms with Crippen LogP contribution in [0.5, 0.6) is 0 Å². The van der Waals surface area contributed by atoms with Gasteiger partial charge in [-0.1, -0.05) is 15.9 Å². The molecule has 0 aromatic heterocycles. The number of amides is 1. The number of carbonyl (C=O) groups is 1. The van der Waals surface area contributed by atoms with Gasteiger partial charge in [0.15, 0.2) is 0 Å². The van der Waals surface area contributed by atoms with Gasteiger partial charge in [0.2, 0.25) is 0 Å². The number of likely N-dealkylation sites (tertiary alicyclic amines) is 1. The van der Waals surface area contributed by atoms with Gasteiger partial charge in [0.25, 0.3) is 0 Å². The van der Waals surface area contributed by atoms with Gasteiger partial charge in [-0.3, -0.25) is 0 Å². The van der Waals surface area contributed by atoms with Crippen molar-refractivity contribution in [1.82, 2.24) is 4.90 Å². The van der Waals surface area contributed by atoms with Crippen molar-refractivity contribution >= 4 is 43.6 Å². The first-order chi connectivity index (χ1) is 10.8. The summed E-state index contributed by atoms with van der Waals surface area (Å²) in [5.74, 6) is 0. The summed E-state index contributed by atoms with van der Waals surface area (Å²) in [4.78, 5) is 14.3. The van der Waals surface area contributed by atoms with Crippen molar-refractivity contribution in [1.29, 1.82) is 0 Å². The summed E-state index contributed by atoms with van der Waals surface area (Å²) in [5, 5.41) is 3.44. The molecule has 1 saturated heterocycles. The van der Waals surface area contributed by atoms with Crippen LogP contribution in [0.15, 0.2) is 27.1 Å². The summed E-state index contributed by atoms with van der Waals surface area (Å²) in [6.45, 7) is 7.20. The van der Waals surface area contributed by atoms with E-state index in [4.69, 9.17) is 4.74 Å². The largest absolute Gasteiger partial charge is 0.444 e. The minimum Gasteiger partial charge on any atom is -0.444 e. The normalized spacial score (nSPS) is 18.7. The van der Waals surface area contributed by atoms with Crippen LogP contribution in [0, 0.1) is 0 Å². The van der Waals surface area contributed by atoms with Gasteiger partial charge in [-0.25, -0.2) is 4.79 Å². The lowest BCUT2D eigenvalue weighted by Gasteiger charge is -2.37. The fourth-order valence-electron chi connectivity index (χ4n) is 2.63. The van der Waals surface area contributed by atoms with E-state index >= 15 is 0 Å². The topological polar surface area (TPSA) is 41.6 Å². The summed E-state index contributed by atoms with van der Waals surface area (Å²) >= 11 is 7.01. The molecule has 1 aromatic rings. The number of hydrogen-bond donors (Lipinski definition) is 1. The molecule has 0 saturated carbocycles. The molecule has 1 atom stereocenters. The molecule has 1 aliphatic heterocycles. The molecule has 1 aromatic carbocycles. The maximum absolute atomic E-state index is 12.4. The Bertz CT molecular complexity index is 558. The van der Waals surface area contributed by atoms with Crippen molar-refractivity contribution in [3.05, 3.63) is 27.1 Å². The highest BCUT2D eigenvalue weighted by Gasteiger charge is 2.30. The standard InChI is InChI=1S/C17H24Br2N2O2/c1-17(2,3)23-16(22)21-9-5-4-6-13(21)11-20-15-8-7-12(18)10-14(15)19/h7-8,10,13,20H,4-6,9,11H2,1-3H3. The van der Waals surface area contributed by atoms with Gasteiger partial charge in [0, 0.05) is 27.7 Å². The molecule has 0 bridgehead atoms. The van der Waals surface area contributed by atoms with Gasteiger partial charge >= 0.3 is 6.09 Å². The summed E-state index contributed by atoms with van der Waals surface area (Å²) in [6.07, 6.45) is 2.98. The number of piperidine rings is 1. The second-order valence-electron chi connectivity index (χ2n) is 6.83. The maximum atomic E-state index is 12.4. The van der Waals surface area contributed by atoms with Crippen molar-refractivity contribution in [2.45, 2.75) is 51.7 Å². The molecule has 128 valence electrons. The Morgan fingerprint density at radius 2 is 2.09 bits per heavy atom. The number of hydrogen-bond acceptors (Lipinski definition) is 3. The van der Waals surface area contributed by atoms with Crippen LogP contribution in [0.25, 0.3) is 0 Å². The average Bonchev–Trinajstić information content (AvgIpc) is 2.45. The zero-order chi connectivity index (χ0) is 17.0. The molecule has 2 rings (SSSR count). The van der Waals surface area contributed by atoms with E-state index in [0.29, 0.717) is 0 Å². The van der Waals surface area contributed by atoms with E-state index in [1.807, 2.05) is 43.9 Å². The number of rotatable bonds is 3. The van der Waals surface area contributed by atoms with Crippen LogP contribution in [0.4, 0.5) is 10.5 Å². The molecular weight excluding hydrogens is 424 g/mol. The Kier molecular flexibility index (Phi) is 6.37. The van der Waals surface area contributed by atoms with Gasteiger partial charge in [0.05, 0.1) is 6.04 Å². The third kappa shape index (κ3) is 5.68. The zero-order valence-corrected chi connectivity index (χ0v) is 17.0. The maximum Gasteiger partial charge on any atom is 0.410 e. The van der Waals surface area contributed by atoms with Crippen LogP contribution in [0.3, 0.4) is 0 Å². The Morgan fingerprint density at radius 3 is 2.74 bits per heavy atom. The first kappa shape index (κ1) is 18.6. The number of ether oxygens (including phenoxy) is 1. The summed E-state index contributed by atoms with van der Waals surface area (Å²) in [7, 11) is 0. The predicted octanol–water partition coefficient (Wildman–Crippen LogP) is 5.41. The van der Waals surface area contributed by atoms with E-state index in [-0.39, 0.29) is 12.1 Å². The minimum atomic E-state index is -0.457. The molecule has 1 heterocycles. The van der Waals surface area contributed by atoms with Crippen molar-refractivity contribution < 1.29 is 9.53 Å². The van der Waals surface area contributed by atoms with E-state index < -0.39 is 5.60 Å². The highest BCUT2D eigenvalue weighted by atomic mass is 79.9. The molecule has 0 aliphatic carbocycles. The highest BCUT2D eigenvalue weighted by molar-refractivity contribution is 9.11. The number of benzene rings is 1. The van der Waals surface area contributed by atoms with Gasteiger partial charge < -0.3 is 15.0 Å². The summed E-state index contributed by atoms with van der Waals surface area (Å²) in [6, 6.07) is 6.19. The number of nitrogens with zero attached hydrogens (tertiary/aromatic N) is 1. The van der Waals surface area contributed by atoms with Crippen LogP contribution >= 0.6 is 31.9 Å². The van der Waals surface area contributed by atoms with E-state index in [9.17, 15) is 4.79 Å². The van der Waals surface area contributed by atoms with E-state index in [0.717, 1.165) is 47.0 Å². The van der Waals surface area contributed by atoms with Crippen LogP contribution in [-0.4, -0.2) is 35.7 Å². The molecule has 6 heteroatoms. The van der Waals surface area contributed by atoms with Gasteiger partial charge in [-0.05, 0) is 74.2 Å². The molecule has 0 spiro atoms. The van der Waals surface area contributed by atoms with Gasteiger partial charge in [-0.15, -0.1) is 0 Å². The molecule has 1 unspecified atom stereocenters. The summed E-state index contributed by atoms with van der Waals surface area (Å²) < 4.78 is 7.58. The molecule has 1 N–H and O–H groups in total. The molecule has 1 aliphatic rings. The molecular formula is C17H24Br2N2O2. The second-order valence-corrected chi connectivity index (χ2v) is 8.60. The highest BCUT2D eigenvalue weighted by Crippen LogP contribution is 2.27. The SMILES string of the molecule is CC(C)(C)OC(=O)N1CCCCC1CNc1ccc(Br)cc1Br. The number of halogens is 2. The van der Waals surface area contributed by atoms with E-state index in [2.05, 4.69) is 37.2 Å². The van der Waals surface area contributed by atoms with E-state index in [1.165, 1.54) is 0 Å². The molecule has 4 nitrogen and oxygen atoms in total. The Labute approximate surface area is 155 Å². The van der Waals surface area contributed by atoms with Crippen molar-refractivity contribution in [2.24, 2.45) is 0 Å². The van der Waals surface area contributed by atoms with Gasteiger partial charge in [0.1, 0.15) is 5.60 Å².